The number of esters is 2. The summed E-state index contributed by atoms with van der Waals surface area (Å²) in [5.41, 5.74) is -0.421. The molecule has 0 saturated carbocycles. The first-order valence-electron chi connectivity index (χ1n) is 32.2. The molecule has 0 bridgehead atoms. The van der Waals surface area contributed by atoms with Crippen LogP contribution in [0.5, 0.6) is 0 Å². The van der Waals surface area contributed by atoms with E-state index in [9.17, 15) is 66.7 Å². The molecule has 0 spiro atoms. The standard InChI is InChI=1S/C48H96O19.C13H13F13O2/c1-5-48(2,3)47(49)67-26-12-25-56-22-10-21-54-18-8-17-52-14-6-13-51-15-7-16-53-19-9-20-55-23-11-24-57-29-30-59-33-34-61-37-38-63-41-42-65-45-46-66-44-43-64-40-39-62-36-35-60-32-31-58-28-27-50-4;1-3-6(2)7(27)28-5-4-8(14,15)9(16,17)10(18,19)11(20,21)12(22,23)13(24,25)26/h5-46H2,1-4H3;6H,3-5H2,1-2H3. The van der Waals surface area contributed by atoms with E-state index in [2.05, 4.69) is 4.74 Å². The number of halogens is 13. The highest BCUT2D eigenvalue weighted by Gasteiger charge is 2.90. The molecule has 1 unspecified atom stereocenters. The van der Waals surface area contributed by atoms with Crippen molar-refractivity contribution in [2.24, 2.45) is 11.3 Å². The fourth-order valence-electron chi connectivity index (χ4n) is 6.63. The third-order valence-electron chi connectivity index (χ3n) is 13.0. The van der Waals surface area contributed by atoms with Crippen molar-refractivity contribution in [1.82, 2.24) is 0 Å². The Bertz CT molecular complexity index is 1750. The molecule has 0 aromatic carbocycles. The van der Waals surface area contributed by atoms with Crippen LogP contribution in [0.3, 0.4) is 0 Å². The van der Waals surface area contributed by atoms with Crippen LogP contribution in [0.4, 0.5) is 57.1 Å². The lowest BCUT2D eigenvalue weighted by Crippen LogP contribution is -2.70. The molecule has 0 radical (unpaired) electrons. The molecule has 0 aromatic heterocycles. The molecule has 0 amide bonds. The molecule has 0 saturated heterocycles. The minimum absolute atomic E-state index is 0.0855. The average molecular weight is 1430 g/mol. The topological polar surface area (TPSA) is 210 Å². The van der Waals surface area contributed by atoms with Crippen molar-refractivity contribution in [3.8, 4) is 0 Å². The summed E-state index contributed by atoms with van der Waals surface area (Å²) in [6.07, 6.45) is -3.27. The number of methoxy groups -OCH3 is 1. The second kappa shape index (κ2) is 59.1. The van der Waals surface area contributed by atoms with E-state index >= 15 is 0 Å². The van der Waals surface area contributed by atoms with Gasteiger partial charge in [-0.1, -0.05) is 20.8 Å². The van der Waals surface area contributed by atoms with Crippen molar-refractivity contribution in [3.05, 3.63) is 0 Å². The maximum Gasteiger partial charge on any atom is 0.460 e. The number of rotatable bonds is 69. The van der Waals surface area contributed by atoms with Crippen LogP contribution in [-0.4, -0.2) is 286 Å². The summed E-state index contributed by atoms with van der Waals surface area (Å²) in [4.78, 5) is 23.1. The molecule has 1 atom stereocenters. The van der Waals surface area contributed by atoms with E-state index in [4.69, 9.17) is 85.3 Å². The molecule has 0 aliphatic rings. The summed E-state index contributed by atoms with van der Waals surface area (Å²) in [7, 11) is 1.65. The summed E-state index contributed by atoms with van der Waals surface area (Å²) in [6.45, 7) is 26.3. The molecule has 0 aliphatic carbocycles. The van der Waals surface area contributed by atoms with Crippen LogP contribution < -0.4 is 0 Å². The molecule has 21 nitrogen and oxygen atoms in total. The van der Waals surface area contributed by atoms with Crippen molar-refractivity contribution in [3.63, 3.8) is 0 Å². The molecule has 0 heterocycles. The van der Waals surface area contributed by atoms with Gasteiger partial charge in [0.1, 0.15) is 0 Å². The quantitative estimate of drug-likeness (QED) is 0.0315. The van der Waals surface area contributed by atoms with E-state index in [0.29, 0.717) is 231 Å². The maximum absolute atomic E-state index is 13.4. The average Bonchev–Trinajstić information content (AvgIpc) is 0.715. The van der Waals surface area contributed by atoms with Crippen molar-refractivity contribution in [2.45, 2.75) is 135 Å². The van der Waals surface area contributed by atoms with Crippen LogP contribution in [0, 0.1) is 11.3 Å². The predicted molar refractivity (Wildman–Crippen MR) is 318 cm³/mol. The second-order valence-corrected chi connectivity index (χ2v) is 21.4. The third kappa shape index (κ3) is 47.2. The smallest absolute Gasteiger partial charge is 0.460 e. The Hall–Kier alpha value is -2.65. The largest absolute Gasteiger partial charge is 0.465 e. The van der Waals surface area contributed by atoms with Gasteiger partial charge in [-0.3, -0.25) is 9.59 Å². The first-order valence-corrected chi connectivity index (χ1v) is 32.2. The van der Waals surface area contributed by atoms with Gasteiger partial charge in [-0.25, -0.2) is 0 Å². The van der Waals surface area contributed by atoms with E-state index in [-0.39, 0.29) is 12.4 Å². The Labute approximate surface area is 551 Å². The summed E-state index contributed by atoms with van der Waals surface area (Å²) in [5.74, 6) is -39.5. The van der Waals surface area contributed by atoms with Gasteiger partial charge in [0.2, 0.25) is 0 Å². The van der Waals surface area contributed by atoms with Crippen LogP contribution in [0.15, 0.2) is 0 Å². The van der Waals surface area contributed by atoms with Crippen molar-refractivity contribution < 1.29 is 157 Å². The van der Waals surface area contributed by atoms with Gasteiger partial charge in [0.25, 0.3) is 0 Å². The van der Waals surface area contributed by atoms with Gasteiger partial charge in [0.15, 0.2) is 0 Å². The molecule has 0 aliphatic heterocycles. The van der Waals surface area contributed by atoms with Crippen LogP contribution in [-0.2, 0) is 99.6 Å². The zero-order valence-corrected chi connectivity index (χ0v) is 56.4. The van der Waals surface area contributed by atoms with E-state index in [1.807, 2.05) is 20.8 Å². The fourth-order valence-corrected chi connectivity index (χ4v) is 6.63. The maximum atomic E-state index is 13.4. The lowest BCUT2D eigenvalue weighted by Gasteiger charge is -2.39. The monoisotopic (exact) mass is 1420 g/mol. The van der Waals surface area contributed by atoms with Gasteiger partial charge < -0.3 is 90.0 Å². The van der Waals surface area contributed by atoms with Gasteiger partial charge >= 0.3 is 47.7 Å². The Morgan fingerprint density at radius 1 is 0.305 bits per heavy atom. The minimum Gasteiger partial charge on any atom is -0.465 e. The Morgan fingerprint density at radius 2 is 0.537 bits per heavy atom. The van der Waals surface area contributed by atoms with Gasteiger partial charge in [-0.15, -0.1) is 0 Å². The molecule has 0 aromatic rings. The first-order chi connectivity index (χ1) is 45.2. The fraction of sp³-hybridized carbons (Fsp3) is 0.967. The van der Waals surface area contributed by atoms with Crippen LogP contribution in [0.2, 0.25) is 0 Å². The zero-order valence-electron chi connectivity index (χ0n) is 56.4. The molecule has 0 N–H and O–H groups in total. The number of carbonyl (C=O) groups excluding carboxylic acids is 2. The highest BCUT2D eigenvalue weighted by molar-refractivity contribution is 5.75. The Balaban J connectivity index is 0. The number of hydrogen-bond acceptors (Lipinski definition) is 21. The molecule has 34 heteroatoms. The molecule has 95 heavy (non-hydrogen) atoms. The van der Waals surface area contributed by atoms with Crippen LogP contribution in [0.25, 0.3) is 0 Å². The summed E-state index contributed by atoms with van der Waals surface area (Å²) < 4.78 is 270. The van der Waals surface area contributed by atoms with Crippen molar-refractivity contribution >= 4 is 11.9 Å². The number of hydrogen-bond donors (Lipinski definition) is 0. The molecule has 0 rings (SSSR count). The summed E-state index contributed by atoms with van der Waals surface area (Å²) in [5, 5.41) is 0. The van der Waals surface area contributed by atoms with E-state index in [1.165, 1.54) is 13.8 Å². The lowest BCUT2D eigenvalue weighted by atomic mass is 9.91. The normalized spacial score (nSPS) is 13.1. The Morgan fingerprint density at radius 3 is 0.779 bits per heavy atom. The van der Waals surface area contributed by atoms with E-state index in [0.717, 1.165) is 44.9 Å². The molecular formula is C61H109F13O21. The predicted octanol–water partition coefficient (Wildman–Crippen LogP) is 10.3. The molecular weight excluding hydrogens is 1320 g/mol. The van der Waals surface area contributed by atoms with Crippen LogP contribution >= 0.6 is 0 Å². The van der Waals surface area contributed by atoms with Gasteiger partial charge in [0.05, 0.1) is 163 Å². The molecule has 0 fully saturated rings. The van der Waals surface area contributed by atoms with Gasteiger partial charge in [-0.05, 0) is 65.2 Å². The minimum atomic E-state index is -7.93. The zero-order chi connectivity index (χ0) is 71.5. The highest BCUT2D eigenvalue weighted by atomic mass is 19.4. The van der Waals surface area contributed by atoms with Gasteiger partial charge in [0, 0.05) is 99.4 Å². The summed E-state index contributed by atoms with van der Waals surface area (Å²) >= 11 is 0. The SMILES string of the molecule is CCC(C)(C)C(=O)OCCCOCCCOCCCOCCCOCCCOCCCOCCCOCCOCCOCCOCCOCCOCCOCCOCCOCCOCCOC.CCC(C)C(=O)OCCC(F)(F)C(F)(F)C(F)(F)C(F)(F)C(F)(F)C(F)(F)F. The van der Waals surface area contributed by atoms with E-state index in [1.54, 1.807) is 7.11 Å². The lowest BCUT2D eigenvalue weighted by molar-refractivity contribution is -0.440. The third-order valence-corrected chi connectivity index (χ3v) is 13.0. The highest BCUT2D eigenvalue weighted by Crippen LogP contribution is 2.60. The molecule has 570 valence electrons. The second-order valence-electron chi connectivity index (χ2n) is 21.4. The van der Waals surface area contributed by atoms with Crippen molar-refractivity contribution in [2.75, 3.05) is 238 Å². The number of carbonyl (C=O) groups is 2. The van der Waals surface area contributed by atoms with Crippen molar-refractivity contribution in [1.29, 1.82) is 0 Å². The number of ether oxygens (including phenoxy) is 19. The summed E-state index contributed by atoms with van der Waals surface area (Å²) in [6, 6.07) is 0. The van der Waals surface area contributed by atoms with Crippen LogP contribution in [0.1, 0.15) is 98.8 Å². The van der Waals surface area contributed by atoms with E-state index < -0.39 is 66.1 Å². The first kappa shape index (κ1) is 94.4. The number of alkyl halides is 13. The Kier molecular flexibility index (Phi) is 58.7. The van der Waals surface area contributed by atoms with Gasteiger partial charge in [-0.2, -0.15) is 57.1 Å².